The number of ether oxygens (including phenoxy) is 2. The number of morpholine rings is 1. The number of sulfonamides is 1. The topological polar surface area (TPSA) is 90.0 Å². The molecule has 8 heteroatoms. The summed E-state index contributed by atoms with van der Waals surface area (Å²) in [7, 11) is -3.72. The van der Waals surface area contributed by atoms with E-state index in [-0.39, 0.29) is 29.3 Å². The molecule has 0 atom stereocenters. The van der Waals surface area contributed by atoms with Gasteiger partial charge < -0.3 is 9.47 Å². The first-order chi connectivity index (χ1) is 13.8. The van der Waals surface area contributed by atoms with Gasteiger partial charge in [-0.05, 0) is 49.2 Å². The summed E-state index contributed by atoms with van der Waals surface area (Å²) in [5.74, 6) is -1.07. The van der Waals surface area contributed by atoms with Gasteiger partial charge in [-0.15, -0.1) is 0 Å². The van der Waals surface area contributed by atoms with Gasteiger partial charge in [-0.2, -0.15) is 4.31 Å². The van der Waals surface area contributed by atoms with Crippen molar-refractivity contribution < 1.29 is 27.5 Å². The number of carbonyl (C=O) groups is 2. The Kier molecular flexibility index (Phi) is 6.46. The van der Waals surface area contributed by atoms with Gasteiger partial charge in [-0.25, -0.2) is 13.2 Å². The van der Waals surface area contributed by atoms with Crippen molar-refractivity contribution in [2.75, 3.05) is 32.9 Å². The van der Waals surface area contributed by atoms with Gasteiger partial charge in [0.2, 0.25) is 10.0 Å². The van der Waals surface area contributed by atoms with E-state index < -0.39 is 22.6 Å². The Bertz CT molecular complexity index is 1030. The number of benzene rings is 2. The monoisotopic (exact) mass is 417 g/mol. The standard InChI is InChI=1S/C21H23NO6S/c1-15-6-7-17(12-16(15)2)20(23)14-28-21(24)18-4-3-5-19(13-18)29(25,26)22-8-10-27-11-9-22/h3-7,12-13H,8-11,14H2,1-2H3. The fourth-order valence-electron chi connectivity index (χ4n) is 2.93. The van der Waals surface area contributed by atoms with Gasteiger partial charge >= 0.3 is 5.97 Å². The van der Waals surface area contributed by atoms with Crippen molar-refractivity contribution >= 4 is 21.8 Å². The predicted octanol–water partition coefficient (Wildman–Crippen LogP) is 2.36. The summed E-state index contributed by atoms with van der Waals surface area (Å²) in [5, 5.41) is 0. The average Bonchev–Trinajstić information content (AvgIpc) is 2.74. The minimum Gasteiger partial charge on any atom is -0.454 e. The van der Waals surface area contributed by atoms with E-state index in [0.717, 1.165) is 11.1 Å². The second-order valence-corrected chi connectivity index (χ2v) is 8.78. The molecule has 154 valence electrons. The highest BCUT2D eigenvalue weighted by molar-refractivity contribution is 7.89. The molecule has 29 heavy (non-hydrogen) atoms. The zero-order valence-corrected chi connectivity index (χ0v) is 17.2. The van der Waals surface area contributed by atoms with Gasteiger partial charge in [0.25, 0.3) is 0 Å². The van der Waals surface area contributed by atoms with Crippen molar-refractivity contribution in [3.05, 3.63) is 64.7 Å². The number of Topliss-reactive ketones (excluding diaryl/α,β-unsaturated/α-hetero) is 1. The Labute approximate surface area is 170 Å². The number of hydrogen-bond donors (Lipinski definition) is 0. The molecule has 1 aliphatic heterocycles. The number of rotatable bonds is 6. The zero-order valence-electron chi connectivity index (χ0n) is 16.4. The van der Waals surface area contributed by atoms with Crippen LogP contribution in [0.25, 0.3) is 0 Å². The maximum atomic E-state index is 12.7. The molecule has 0 aromatic heterocycles. The van der Waals surface area contributed by atoms with Crippen LogP contribution in [-0.2, 0) is 19.5 Å². The first-order valence-electron chi connectivity index (χ1n) is 9.24. The first-order valence-corrected chi connectivity index (χ1v) is 10.7. The van der Waals surface area contributed by atoms with E-state index in [1.807, 2.05) is 19.9 Å². The summed E-state index contributed by atoms with van der Waals surface area (Å²) in [6, 6.07) is 10.9. The molecule has 0 radical (unpaired) electrons. The third-order valence-corrected chi connectivity index (χ3v) is 6.74. The quantitative estimate of drug-likeness (QED) is 0.529. The molecule has 1 saturated heterocycles. The summed E-state index contributed by atoms with van der Waals surface area (Å²) in [4.78, 5) is 24.6. The molecule has 0 spiro atoms. The lowest BCUT2D eigenvalue weighted by atomic mass is 10.0. The molecule has 1 aliphatic rings. The van der Waals surface area contributed by atoms with Crippen LogP contribution in [0.5, 0.6) is 0 Å². The van der Waals surface area contributed by atoms with Gasteiger partial charge in [0.1, 0.15) is 0 Å². The van der Waals surface area contributed by atoms with Crippen LogP contribution < -0.4 is 0 Å². The lowest BCUT2D eigenvalue weighted by Crippen LogP contribution is -2.40. The van der Waals surface area contributed by atoms with Crippen LogP contribution in [0, 0.1) is 13.8 Å². The number of aryl methyl sites for hydroxylation is 2. The first kappa shape index (κ1) is 21.2. The zero-order chi connectivity index (χ0) is 21.0. The van der Waals surface area contributed by atoms with Gasteiger partial charge in [-0.1, -0.05) is 18.2 Å². The van der Waals surface area contributed by atoms with Crippen molar-refractivity contribution in [3.8, 4) is 0 Å². The minimum absolute atomic E-state index is 0.00864. The number of ketones is 1. The minimum atomic E-state index is -3.72. The molecule has 1 heterocycles. The molecule has 0 unspecified atom stereocenters. The maximum Gasteiger partial charge on any atom is 0.338 e. The van der Waals surface area contributed by atoms with Crippen LogP contribution in [0.3, 0.4) is 0 Å². The molecule has 1 fully saturated rings. The molecule has 0 bridgehead atoms. The van der Waals surface area contributed by atoms with E-state index >= 15 is 0 Å². The van der Waals surface area contributed by atoms with Crippen molar-refractivity contribution in [1.29, 1.82) is 0 Å². The fourth-order valence-corrected chi connectivity index (χ4v) is 4.39. The lowest BCUT2D eigenvalue weighted by Gasteiger charge is -2.26. The Hall–Kier alpha value is -2.55. The molecular formula is C21H23NO6S. The summed E-state index contributed by atoms with van der Waals surface area (Å²) in [6.45, 7) is 4.63. The van der Waals surface area contributed by atoms with Crippen molar-refractivity contribution in [1.82, 2.24) is 4.31 Å². The van der Waals surface area contributed by atoms with Crippen LogP contribution in [0.15, 0.2) is 47.4 Å². The highest BCUT2D eigenvalue weighted by Gasteiger charge is 2.27. The summed E-state index contributed by atoms with van der Waals surface area (Å²) in [6.07, 6.45) is 0. The van der Waals surface area contributed by atoms with Gasteiger partial charge in [0, 0.05) is 18.7 Å². The Morgan fingerprint density at radius 3 is 2.41 bits per heavy atom. The SMILES string of the molecule is Cc1ccc(C(=O)COC(=O)c2cccc(S(=O)(=O)N3CCOCC3)c2)cc1C. The highest BCUT2D eigenvalue weighted by atomic mass is 32.2. The second kappa shape index (κ2) is 8.86. The molecule has 0 N–H and O–H groups in total. The van der Waals surface area contributed by atoms with Gasteiger partial charge in [-0.3, -0.25) is 4.79 Å². The third-order valence-electron chi connectivity index (χ3n) is 4.84. The van der Waals surface area contributed by atoms with Crippen LogP contribution in [0.1, 0.15) is 31.8 Å². The van der Waals surface area contributed by atoms with E-state index in [1.165, 1.54) is 28.6 Å². The molecule has 2 aromatic rings. The number of esters is 1. The van der Waals surface area contributed by atoms with Crippen LogP contribution in [-0.4, -0.2) is 57.4 Å². The number of carbonyl (C=O) groups excluding carboxylic acids is 2. The van der Waals surface area contributed by atoms with Crippen LogP contribution in [0.4, 0.5) is 0 Å². The van der Waals surface area contributed by atoms with Gasteiger partial charge in [0.15, 0.2) is 12.4 Å². The van der Waals surface area contributed by atoms with Crippen LogP contribution >= 0.6 is 0 Å². The third kappa shape index (κ3) is 4.90. The van der Waals surface area contributed by atoms with E-state index in [2.05, 4.69) is 0 Å². The average molecular weight is 417 g/mol. The Morgan fingerprint density at radius 1 is 1.00 bits per heavy atom. The highest BCUT2D eigenvalue weighted by Crippen LogP contribution is 2.19. The smallest absolute Gasteiger partial charge is 0.338 e. The molecule has 3 rings (SSSR count). The van der Waals surface area contributed by atoms with Crippen molar-refractivity contribution in [2.45, 2.75) is 18.7 Å². The maximum absolute atomic E-state index is 12.7. The summed E-state index contributed by atoms with van der Waals surface area (Å²) < 4.78 is 37.1. The Morgan fingerprint density at radius 2 is 1.72 bits per heavy atom. The van der Waals surface area contributed by atoms with Crippen LogP contribution in [0.2, 0.25) is 0 Å². The van der Waals surface area contributed by atoms with E-state index in [1.54, 1.807) is 12.1 Å². The number of hydrogen-bond acceptors (Lipinski definition) is 6. The van der Waals surface area contributed by atoms with Crippen molar-refractivity contribution in [3.63, 3.8) is 0 Å². The Balaban J connectivity index is 1.69. The molecule has 2 aromatic carbocycles. The predicted molar refractivity (Wildman–Crippen MR) is 107 cm³/mol. The second-order valence-electron chi connectivity index (χ2n) is 6.84. The largest absolute Gasteiger partial charge is 0.454 e. The molecule has 0 amide bonds. The normalized spacial score (nSPS) is 15.1. The van der Waals surface area contributed by atoms with Crippen molar-refractivity contribution in [2.24, 2.45) is 0 Å². The van der Waals surface area contributed by atoms with E-state index in [9.17, 15) is 18.0 Å². The van der Waals surface area contributed by atoms with E-state index in [0.29, 0.717) is 18.8 Å². The summed E-state index contributed by atoms with van der Waals surface area (Å²) in [5.41, 5.74) is 2.58. The van der Waals surface area contributed by atoms with E-state index in [4.69, 9.17) is 9.47 Å². The molecular weight excluding hydrogens is 394 g/mol. The fraction of sp³-hybridized carbons (Fsp3) is 0.333. The van der Waals surface area contributed by atoms with Gasteiger partial charge in [0.05, 0.1) is 23.7 Å². The summed E-state index contributed by atoms with van der Waals surface area (Å²) >= 11 is 0. The number of nitrogens with zero attached hydrogens (tertiary/aromatic N) is 1. The molecule has 0 saturated carbocycles. The molecule has 0 aliphatic carbocycles. The lowest BCUT2D eigenvalue weighted by molar-refractivity contribution is 0.0474. The molecule has 7 nitrogen and oxygen atoms in total.